The summed E-state index contributed by atoms with van der Waals surface area (Å²) in [6, 6.07) is 5.85. The van der Waals surface area contributed by atoms with E-state index in [-0.39, 0.29) is 31.1 Å². The number of hydrogen-bond donors (Lipinski definition) is 1. The van der Waals surface area contributed by atoms with Crippen molar-refractivity contribution in [3.05, 3.63) is 35.6 Å². The van der Waals surface area contributed by atoms with Crippen molar-refractivity contribution in [2.75, 3.05) is 0 Å². The maximum Gasteiger partial charge on any atom is 0.303 e. The molecule has 1 heterocycles. The summed E-state index contributed by atoms with van der Waals surface area (Å²) in [5.41, 5.74) is 1.40. The van der Waals surface area contributed by atoms with Crippen LogP contribution in [0, 0.1) is 11.7 Å². The van der Waals surface area contributed by atoms with Gasteiger partial charge in [-0.25, -0.2) is 9.40 Å². The van der Waals surface area contributed by atoms with E-state index in [1.54, 1.807) is 19.1 Å². The van der Waals surface area contributed by atoms with Crippen molar-refractivity contribution in [2.45, 2.75) is 26.3 Å². The van der Waals surface area contributed by atoms with E-state index in [0.717, 1.165) is 5.56 Å². The molecule has 6 heteroatoms. The molecule has 0 saturated carbocycles. The van der Waals surface area contributed by atoms with Gasteiger partial charge in [-0.15, -0.1) is 0 Å². The second-order valence-corrected chi connectivity index (χ2v) is 4.75. The highest BCUT2D eigenvalue weighted by Gasteiger charge is 2.33. The Balaban J connectivity index is 2.02. The zero-order valence-electron chi connectivity index (χ0n) is 11.0. The smallest absolute Gasteiger partial charge is 0.303 e. The van der Waals surface area contributed by atoms with E-state index in [2.05, 4.69) is 5.10 Å². The van der Waals surface area contributed by atoms with E-state index < -0.39 is 11.9 Å². The molecular formula is C14H15FN2O3. The number of carboxylic acids is 1. The van der Waals surface area contributed by atoms with Crippen LogP contribution >= 0.6 is 0 Å². The molecule has 1 aliphatic heterocycles. The van der Waals surface area contributed by atoms with Crippen LogP contribution < -0.4 is 0 Å². The Bertz CT molecular complexity index is 554. The molecule has 0 fully saturated rings. The number of nitrogens with zero attached hydrogens (tertiary/aromatic N) is 2. The lowest BCUT2D eigenvalue weighted by atomic mass is 9.98. The molecule has 0 aliphatic carbocycles. The van der Waals surface area contributed by atoms with Gasteiger partial charge in [0.05, 0.1) is 12.5 Å². The van der Waals surface area contributed by atoms with Crippen LogP contribution in [0.3, 0.4) is 0 Å². The zero-order valence-corrected chi connectivity index (χ0v) is 11.0. The van der Waals surface area contributed by atoms with Gasteiger partial charge in [0.1, 0.15) is 5.82 Å². The lowest BCUT2D eigenvalue weighted by molar-refractivity contribution is -0.137. The molecule has 1 aliphatic rings. The Labute approximate surface area is 115 Å². The van der Waals surface area contributed by atoms with Crippen LogP contribution in [0.2, 0.25) is 0 Å². The van der Waals surface area contributed by atoms with Crippen molar-refractivity contribution < 1.29 is 19.1 Å². The predicted octanol–water partition coefficient (Wildman–Crippen LogP) is 2.02. The van der Waals surface area contributed by atoms with Gasteiger partial charge in [-0.2, -0.15) is 5.10 Å². The van der Waals surface area contributed by atoms with Crippen LogP contribution in [-0.2, 0) is 16.1 Å². The fourth-order valence-electron chi connectivity index (χ4n) is 2.14. The summed E-state index contributed by atoms with van der Waals surface area (Å²) >= 11 is 0. The fourth-order valence-corrected chi connectivity index (χ4v) is 2.14. The molecule has 1 aromatic rings. The number of carbonyl (C=O) groups excluding carboxylic acids is 1. The van der Waals surface area contributed by atoms with Gasteiger partial charge in [-0.1, -0.05) is 12.1 Å². The van der Waals surface area contributed by atoms with Gasteiger partial charge < -0.3 is 5.11 Å². The zero-order chi connectivity index (χ0) is 14.7. The number of hydrazone groups is 1. The Morgan fingerprint density at radius 2 is 2.05 bits per heavy atom. The third-order valence-electron chi connectivity index (χ3n) is 3.23. The predicted molar refractivity (Wildman–Crippen MR) is 70.4 cm³/mol. The van der Waals surface area contributed by atoms with Crippen molar-refractivity contribution in [1.82, 2.24) is 5.01 Å². The van der Waals surface area contributed by atoms with Gasteiger partial charge in [0.25, 0.3) is 5.91 Å². The second-order valence-electron chi connectivity index (χ2n) is 4.75. The lowest BCUT2D eigenvalue weighted by Crippen LogP contribution is -2.27. The van der Waals surface area contributed by atoms with E-state index in [1.807, 2.05) is 0 Å². The normalized spacial score (nSPS) is 18.3. The maximum absolute atomic E-state index is 12.8. The van der Waals surface area contributed by atoms with Crippen molar-refractivity contribution >= 4 is 17.6 Å². The third-order valence-corrected chi connectivity index (χ3v) is 3.23. The van der Waals surface area contributed by atoms with Crippen LogP contribution in [0.1, 0.15) is 25.3 Å². The number of carbonyl (C=O) groups is 2. The first-order chi connectivity index (χ1) is 9.47. The molecule has 106 valence electrons. The quantitative estimate of drug-likeness (QED) is 0.895. The van der Waals surface area contributed by atoms with Gasteiger partial charge in [0.2, 0.25) is 0 Å². The van der Waals surface area contributed by atoms with Crippen LogP contribution in [0.5, 0.6) is 0 Å². The first-order valence-corrected chi connectivity index (χ1v) is 6.30. The maximum atomic E-state index is 12.8. The molecular weight excluding hydrogens is 263 g/mol. The summed E-state index contributed by atoms with van der Waals surface area (Å²) in [4.78, 5) is 22.7. The van der Waals surface area contributed by atoms with E-state index in [1.165, 1.54) is 17.1 Å². The first-order valence-electron chi connectivity index (χ1n) is 6.30. The summed E-state index contributed by atoms with van der Waals surface area (Å²) in [6.07, 6.45) is 0.192. The topological polar surface area (TPSA) is 70.0 Å². The average molecular weight is 278 g/mol. The molecule has 0 saturated heterocycles. The SMILES string of the molecule is CC1=NN(Cc2ccc(F)cc2)C(=O)C1CCC(=O)O. The van der Waals surface area contributed by atoms with Crippen LogP contribution in [-0.4, -0.2) is 27.7 Å². The standard InChI is InChI=1S/C14H15FN2O3/c1-9-12(6-7-13(18)19)14(20)17(16-9)8-10-2-4-11(15)5-3-10/h2-5,12H,6-8H2,1H3,(H,18,19). The summed E-state index contributed by atoms with van der Waals surface area (Å²) in [7, 11) is 0. The molecule has 2 rings (SSSR count). The molecule has 0 bridgehead atoms. The van der Waals surface area contributed by atoms with Crippen molar-refractivity contribution in [3.8, 4) is 0 Å². The van der Waals surface area contributed by atoms with E-state index in [9.17, 15) is 14.0 Å². The second kappa shape index (κ2) is 5.81. The monoisotopic (exact) mass is 278 g/mol. The third kappa shape index (κ3) is 3.20. The Morgan fingerprint density at radius 1 is 1.40 bits per heavy atom. The summed E-state index contributed by atoms with van der Waals surface area (Å²) in [5.74, 6) is -1.93. The van der Waals surface area contributed by atoms with Gasteiger partial charge in [0, 0.05) is 12.1 Å². The van der Waals surface area contributed by atoms with Crippen LogP contribution in [0.15, 0.2) is 29.4 Å². The van der Waals surface area contributed by atoms with Gasteiger partial charge in [-0.3, -0.25) is 9.59 Å². The summed E-state index contributed by atoms with van der Waals surface area (Å²) in [5, 5.41) is 14.1. The molecule has 0 aromatic heterocycles. The molecule has 1 amide bonds. The average Bonchev–Trinajstić information content (AvgIpc) is 2.65. The van der Waals surface area contributed by atoms with E-state index in [0.29, 0.717) is 5.71 Å². The number of amides is 1. The highest BCUT2D eigenvalue weighted by Crippen LogP contribution is 2.22. The summed E-state index contributed by atoms with van der Waals surface area (Å²) in [6.45, 7) is 1.98. The number of hydrogen-bond acceptors (Lipinski definition) is 3. The minimum atomic E-state index is -0.928. The Morgan fingerprint density at radius 3 is 2.65 bits per heavy atom. The molecule has 1 atom stereocenters. The summed E-state index contributed by atoms with van der Waals surface area (Å²) < 4.78 is 12.8. The number of carboxylic acid groups (broad SMARTS) is 1. The minimum Gasteiger partial charge on any atom is -0.481 e. The van der Waals surface area contributed by atoms with Crippen LogP contribution in [0.4, 0.5) is 4.39 Å². The Hall–Kier alpha value is -2.24. The molecule has 1 unspecified atom stereocenters. The van der Waals surface area contributed by atoms with Crippen molar-refractivity contribution in [1.29, 1.82) is 0 Å². The minimum absolute atomic E-state index is 0.0619. The molecule has 20 heavy (non-hydrogen) atoms. The number of benzene rings is 1. The van der Waals surface area contributed by atoms with E-state index in [4.69, 9.17) is 5.11 Å². The number of aliphatic carboxylic acids is 1. The molecule has 1 N–H and O–H groups in total. The van der Waals surface area contributed by atoms with Crippen LogP contribution in [0.25, 0.3) is 0 Å². The lowest BCUT2D eigenvalue weighted by Gasteiger charge is -2.14. The highest BCUT2D eigenvalue weighted by atomic mass is 19.1. The molecule has 1 aromatic carbocycles. The first kappa shape index (κ1) is 14.2. The molecule has 0 spiro atoms. The molecule has 5 nitrogen and oxygen atoms in total. The van der Waals surface area contributed by atoms with Gasteiger partial charge in [-0.05, 0) is 31.0 Å². The van der Waals surface area contributed by atoms with E-state index >= 15 is 0 Å². The Kier molecular flexibility index (Phi) is 4.12. The van der Waals surface area contributed by atoms with Crippen molar-refractivity contribution in [2.24, 2.45) is 11.0 Å². The fraction of sp³-hybridized carbons (Fsp3) is 0.357. The van der Waals surface area contributed by atoms with Gasteiger partial charge >= 0.3 is 5.97 Å². The van der Waals surface area contributed by atoms with Crippen molar-refractivity contribution in [3.63, 3.8) is 0 Å². The highest BCUT2D eigenvalue weighted by molar-refractivity contribution is 6.06. The largest absolute Gasteiger partial charge is 0.481 e. The molecule has 0 radical (unpaired) electrons. The number of rotatable bonds is 5. The number of halogens is 1. The van der Waals surface area contributed by atoms with Gasteiger partial charge in [0.15, 0.2) is 0 Å².